The van der Waals surface area contributed by atoms with Gasteiger partial charge >= 0.3 is 0 Å². The summed E-state index contributed by atoms with van der Waals surface area (Å²) >= 11 is 0. The van der Waals surface area contributed by atoms with E-state index in [-0.39, 0.29) is 12.1 Å². The minimum atomic E-state index is 0.179. The van der Waals surface area contributed by atoms with Crippen LogP contribution in [0.15, 0.2) is 18.5 Å². The molecule has 2 aromatic rings. The highest BCUT2D eigenvalue weighted by molar-refractivity contribution is 5.68. The van der Waals surface area contributed by atoms with Crippen molar-refractivity contribution in [1.82, 2.24) is 14.6 Å². The van der Waals surface area contributed by atoms with E-state index in [9.17, 15) is 0 Å². The van der Waals surface area contributed by atoms with E-state index >= 15 is 0 Å². The van der Waals surface area contributed by atoms with Crippen LogP contribution in [0.5, 0.6) is 0 Å². The lowest BCUT2D eigenvalue weighted by atomic mass is 10.1. The van der Waals surface area contributed by atoms with Gasteiger partial charge in [-0.3, -0.25) is 0 Å². The van der Waals surface area contributed by atoms with Crippen LogP contribution in [-0.2, 0) is 0 Å². The first-order valence-electron chi connectivity index (χ1n) is 6.83. The van der Waals surface area contributed by atoms with Crippen molar-refractivity contribution in [2.24, 2.45) is 5.73 Å². The quantitative estimate of drug-likeness (QED) is 0.867. The van der Waals surface area contributed by atoms with Gasteiger partial charge in [-0.2, -0.15) is 5.10 Å². The molecule has 0 spiro atoms. The fraction of sp³-hybridized carbons (Fsp3) is 0.571. The molecule has 0 fully saturated rings. The molecular weight excluding hydrogens is 238 g/mol. The molecule has 2 rings (SSSR count). The molecule has 0 bridgehead atoms. The number of rotatable bonds is 5. The van der Waals surface area contributed by atoms with Gasteiger partial charge in [0.2, 0.25) is 0 Å². The van der Waals surface area contributed by atoms with Crippen LogP contribution in [0.4, 0.5) is 5.82 Å². The van der Waals surface area contributed by atoms with Crippen LogP contribution in [0.25, 0.3) is 5.52 Å². The molecule has 0 saturated carbocycles. The second kappa shape index (κ2) is 5.57. The summed E-state index contributed by atoms with van der Waals surface area (Å²) in [4.78, 5) is 4.41. The summed E-state index contributed by atoms with van der Waals surface area (Å²) in [5.74, 6) is 1.28. The predicted molar refractivity (Wildman–Crippen MR) is 78.4 cm³/mol. The molecule has 2 aromatic heterocycles. The molecule has 0 aliphatic heterocycles. The Hall–Kier alpha value is -1.62. The zero-order valence-corrected chi connectivity index (χ0v) is 12.1. The molecule has 0 aliphatic carbocycles. The van der Waals surface area contributed by atoms with Gasteiger partial charge in [-0.15, -0.1) is 0 Å². The van der Waals surface area contributed by atoms with Crippen LogP contribution in [-0.4, -0.2) is 26.7 Å². The second-order valence-electron chi connectivity index (χ2n) is 5.59. The van der Waals surface area contributed by atoms with E-state index in [4.69, 9.17) is 5.73 Å². The number of aromatic nitrogens is 3. The Morgan fingerprint density at radius 2 is 2.05 bits per heavy atom. The molecular formula is C14H23N5. The van der Waals surface area contributed by atoms with Gasteiger partial charge < -0.3 is 11.1 Å². The van der Waals surface area contributed by atoms with Gasteiger partial charge in [0.25, 0.3) is 0 Å². The van der Waals surface area contributed by atoms with Gasteiger partial charge in [-0.25, -0.2) is 9.50 Å². The summed E-state index contributed by atoms with van der Waals surface area (Å²) in [5, 5.41) is 7.97. The van der Waals surface area contributed by atoms with E-state index < -0.39 is 0 Å². The Kier molecular flexibility index (Phi) is 4.04. The molecule has 19 heavy (non-hydrogen) atoms. The van der Waals surface area contributed by atoms with Gasteiger partial charge in [-0.1, -0.05) is 13.8 Å². The Morgan fingerprint density at radius 1 is 1.32 bits per heavy atom. The first-order valence-corrected chi connectivity index (χ1v) is 6.83. The topological polar surface area (TPSA) is 68.2 Å². The highest BCUT2D eigenvalue weighted by Crippen LogP contribution is 2.20. The van der Waals surface area contributed by atoms with Crippen molar-refractivity contribution in [2.45, 2.75) is 52.1 Å². The summed E-state index contributed by atoms with van der Waals surface area (Å²) in [6.45, 7) is 8.41. The summed E-state index contributed by atoms with van der Waals surface area (Å²) in [6, 6.07) is 2.56. The molecule has 0 aromatic carbocycles. The molecule has 0 radical (unpaired) electrons. The molecule has 0 saturated heterocycles. The number of anilines is 1. The first-order chi connectivity index (χ1) is 8.97. The van der Waals surface area contributed by atoms with Crippen molar-refractivity contribution in [3.8, 4) is 0 Å². The van der Waals surface area contributed by atoms with E-state index in [0.29, 0.717) is 5.92 Å². The summed E-state index contributed by atoms with van der Waals surface area (Å²) < 4.78 is 1.88. The highest BCUT2D eigenvalue weighted by atomic mass is 15.2. The third kappa shape index (κ3) is 3.23. The highest BCUT2D eigenvalue weighted by Gasteiger charge is 2.12. The van der Waals surface area contributed by atoms with E-state index in [1.54, 1.807) is 6.20 Å². The zero-order valence-electron chi connectivity index (χ0n) is 12.1. The molecule has 0 amide bonds. The lowest BCUT2D eigenvalue weighted by Crippen LogP contribution is -2.26. The molecule has 104 valence electrons. The third-order valence-electron chi connectivity index (χ3n) is 3.11. The van der Waals surface area contributed by atoms with Crippen molar-refractivity contribution in [1.29, 1.82) is 0 Å². The maximum absolute atomic E-state index is 5.83. The standard InChI is InChI=1S/C14H23N5/c1-9(2)12-8-13-14(16-5-6-19(13)18-12)17-11(4)7-10(3)15/h5-6,8-11H,7,15H2,1-4H3,(H,16,17). The van der Waals surface area contributed by atoms with Crippen LogP contribution < -0.4 is 11.1 Å². The number of hydrogen-bond donors (Lipinski definition) is 2. The molecule has 2 atom stereocenters. The number of nitrogens with zero attached hydrogens (tertiary/aromatic N) is 3. The molecule has 5 nitrogen and oxygen atoms in total. The van der Waals surface area contributed by atoms with Crippen molar-refractivity contribution >= 4 is 11.3 Å². The number of fused-ring (bicyclic) bond motifs is 1. The summed E-state index contributed by atoms with van der Waals surface area (Å²) in [6.07, 6.45) is 4.56. The first kappa shape index (κ1) is 13.8. The van der Waals surface area contributed by atoms with Gasteiger partial charge in [0.15, 0.2) is 5.82 Å². The average molecular weight is 261 g/mol. The Balaban J connectivity index is 2.27. The monoisotopic (exact) mass is 261 g/mol. The van der Waals surface area contributed by atoms with Crippen LogP contribution in [0.3, 0.4) is 0 Å². The minimum Gasteiger partial charge on any atom is -0.366 e. The Bertz CT molecular complexity index is 544. The Labute approximate surface area is 114 Å². The molecule has 3 N–H and O–H groups in total. The van der Waals surface area contributed by atoms with Gasteiger partial charge in [-0.05, 0) is 32.3 Å². The number of nitrogens with two attached hydrogens (primary N) is 1. The van der Waals surface area contributed by atoms with Crippen molar-refractivity contribution in [2.75, 3.05) is 5.32 Å². The van der Waals surface area contributed by atoms with E-state index in [0.717, 1.165) is 23.4 Å². The minimum absolute atomic E-state index is 0.179. The molecule has 5 heteroatoms. The SMILES string of the molecule is CC(N)CC(C)Nc1nccn2nc(C(C)C)cc12. The zero-order chi connectivity index (χ0) is 14.0. The van der Waals surface area contributed by atoms with Crippen LogP contribution in [0.1, 0.15) is 45.7 Å². The Morgan fingerprint density at radius 3 is 2.68 bits per heavy atom. The maximum Gasteiger partial charge on any atom is 0.152 e. The molecule has 0 aliphatic rings. The average Bonchev–Trinajstić information content (AvgIpc) is 2.72. The fourth-order valence-electron chi connectivity index (χ4n) is 2.18. The van der Waals surface area contributed by atoms with E-state index in [2.05, 4.69) is 42.2 Å². The van der Waals surface area contributed by atoms with Crippen LogP contribution >= 0.6 is 0 Å². The van der Waals surface area contributed by atoms with Gasteiger partial charge in [0, 0.05) is 24.5 Å². The van der Waals surface area contributed by atoms with Crippen molar-refractivity contribution < 1.29 is 0 Å². The molecule has 2 unspecified atom stereocenters. The van der Waals surface area contributed by atoms with Crippen molar-refractivity contribution in [3.63, 3.8) is 0 Å². The largest absolute Gasteiger partial charge is 0.366 e. The number of hydrogen-bond acceptors (Lipinski definition) is 4. The second-order valence-corrected chi connectivity index (χ2v) is 5.59. The third-order valence-corrected chi connectivity index (χ3v) is 3.11. The van der Waals surface area contributed by atoms with Crippen LogP contribution in [0, 0.1) is 0 Å². The summed E-state index contributed by atoms with van der Waals surface area (Å²) in [5.41, 5.74) is 7.92. The smallest absolute Gasteiger partial charge is 0.152 e. The summed E-state index contributed by atoms with van der Waals surface area (Å²) in [7, 11) is 0. The lowest BCUT2D eigenvalue weighted by molar-refractivity contribution is 0.603. The predicted octanol–water partition coefficient (Wildman–Crippen LogP) is 2.39. The van der Waals surface area contributed by atoms with E-state index in [1.165, 1.54) is 0 Å². The maximum atomic E-state index is 5.83. The van der Waals surface area contributed by atoms with Gasteiger partial charge in [0.05, 0.1) is 5.69 Å². The van der Waals surface area contributed by atoms with E-state index in [1.807, 2.05) is 17.6 Å². The van der Waals surface area contributed by atoms with Gasteiger partial charge in [0.1, 0.15) is 5.52 Å². The fourth-order valence-corrected chi connectivity index (χ4v) is 2.18. The van der Waals surface area contributed by atoms with Crippen molar-refractivity contribution in [3.05, 3.63) is 24.2 Å². The molecule has 2 heterocycles. The van der Waals surface area contributed by atoms with Crippen LogP contribution in [0.2, 0.25) is 0 Å². The lowest BCUT2D eigenvalue weighted by Gasteiger charge is -2.16. The normalized spacial score (nSPS) is 14.8. The number of nitrogens with one attached hydrogen (secondary N) is 1.